The van der Waals surface area contributed by atoms with E-state index in [2.05, 4.69) is 0 Å². The highest BCUT2D eigenvalue weighted by molar-refractivity contribution is 7.07. The normalized spacial score (nSPS) is 15.9. The maximum absolute atomic E-state index is 14.0. The molecule has 166 valence electrons. The first-order chi connectivity index (χ1) is 15.8. The minimum absolute atomic E-state index is 0.00851. The van der Waals surface area contributed by atoms with E-state index in [-0.39, 0.29) is 32.8 Å². The molecule has 2 aromatic carbocycles. The summed E-state index contributed by atoms with van der Waals surface area (Å²) in [5.74, 6) is -2.96. The summed E-state index contributed by atoms with van der Waals surface area (Å²) in [4.78, 5) is 26.2. The lowest BCUT2D eigenvalue weighted by atomic mass is 9.84. The molecule has 1 aliphatic heterocycles. The SMILES string of the molecule is CCOC(=O)C1=c2s/c(=C/c3cccc(F)c3)c(=O)n2C(N)=C(C#N)[C@H]1c1cccc(F)c1. The largest absolute Gasteiger partial charge is 0.463 e. The van der Waals surface area contributed by atoms with Gasteiger partial charge in [0.1, 0.15) is 22.1 Å². The van der Waals surface area contributed by atoms with Gasteiger partial charge in [0.15, 0.2) is 0 Å². The molecule has 2 N–H and O–H groups in total. The van der Waals surface area contributed by atoms with Crippen molar-refractivity contribution >= 4 is 34.8 Å². The van der Waals surface area contributed by atoms with Gasteiger partial charge in [0, 0.05) is 0 Å². The second-order valence-corrected chi connectivity index (χ2v) is 8.17. The molecule has 1 aliphatic rings. The molecule has 2 heterocycles. The van der Waals surface area contributed by atoms with Gasteiger partial charge in [-0.2, -0.15) is 5.26 Å². The van der Waals surface area contributed by atoms with Crippen molar-refractivity contribution in [2.75, 3.05) is 6.61 Å². The Morgan fingerprint density at radius 1 is 1.24 bits per heavy atom. The number of allylic oxidation sites excluding steroid dienone is 1. The van der Waals surface area contributed by atoms with Crippen molar-refractivity contribution in [3.05, 3.63) is 96.4 Å². The number of rotatable bonds is 4. The Hall–Kier alpha value is -4.03. The number of nitriles is 1. The predicted octanol–water partition coefficient (Wildman–Crippen LogP) is 2.18. The van der Waals surface area contributed by atoms with Gasteiger partial charge >= 0.3 is 5.97 Å². The zero-order valence-corrected chi connectivity index (χ0v) is 18.2. The second kappa shape index (κ2) is 8.84. The molecule has 9 heteroatoms. The van der Waals surface area contributed by atoms with Crippen molar-refractivity contribution in [3.8, 4) is 6.07 Å². The van der Waals surface area contributed by atoms with Gasteiger partial charge in [0.25, 0.3) is 5.56 Å². The van der Waals surface area contributed by atoms with Gasteiger partial charge in [-0.3, -0.25) is 9.36 Å². The monoisotopic (exact) mass is 465 g/mol. The Labute approximate surface area is 190 Å². The number of esters is 1. The fourth-order valence-corrected chi connectivity index (χ4v) is 4.89. The number of hydrogen-bond donors (Lipinski definition) is 1. The van der Waals surface area contributed by atoms with E-state index < -0.39 is 29.1 Å². The summed E-state index contributed by atoms with van der Waals surface area (Å²) < 4.78 is 34.3. The summed E-state index contributed by atoms with van der Waals surface area (Å²) in [5, 5.41) is 9.87. The summed E-state index contributed by atoms with van der Waals surface area (Å²) in [5.41, 5.74) is 6.35. The molecule has 6 nitrogen and oxygen atoms in total. The van der Waals surface area contributed by atoms with Crippen LogP contribution in [0.25, 0.3) is 17.5 Å². The van der Waals surface area contributed by atoms with E-state index in [1.807, 2.05) is 6.07 Å². The van der Waals surface area contributed by atoms with Gasteiger partial charge in [-0.1, -0.05) is 24.3 Å². The first kappa shape index (κ1) is 22.2. The molecule has 0 saturated carbocycles. The minimum atomic E-state index is -1.02. The van der Waals surface area contributed by atoms with Crippen LogP contribution >= 0.6 is 11.3 Å². The fourth-order valence-electron chi connectivity index (χ4n) is 3.72. The molecular formula is C24H17F2N3O3S. The lowest BCUT2D eigenvalue weighted by Crippen LogP contribution is -2.40. The molecular weight excluding hydrogens is 448 g/mol. The summed E-state index contributed by atoms with van der Waals surface area (Å²) >= 11 is 0.961. The summed E-state index contributed by atoms with van der Waals surface area (Å²) in [6.07, 6.45) is 1.47. The highest BCUT2D eigenvalue weighted by atomic mass is 32.1. The highest BCUT2D eigenvalue weighted by Gasteiger charge is 2.36. The van der Waals surface area contributed by atoms with E-state index in [0.717, 1.165) is 15.9 Å². The van der Waals surface area contributed by atoms with E-state index in [0.29, 0.717) is 11.1 Å². The molecule has 4 rings (SSSR count). The molecule has 0 spiro atoms. The van der Waals surface area contributed by atoms with E-state index >= 15 is 0 Å². The zero-order valence-electron chi connectivity index (χ0n) is 17.3. The smallest absolute Gasteiger partial charge is 0.338 e. The quantitative estimate of drug-likeness (QED) is 0.596. The van der Waals surface area contributed by atoms with Crippen molar-refractivity contribution < 1.29 is 18.3 Å². The van der Waals surface area contributed by atoms with Crippen molar-refractivity contribution in [2.45, 2.75) is 12.8 Å². The minimum Gasteiger partial charge on any atom is -0.463 e. The predicted molar refractivity (Wildman–Crippen MR) is 120 cm³/mol. The summed E-state index contributed by atoms with van der Waals surface area (Å²) in [7, 11) is 0. The van der Waals surface area contributed by atoms with Crippen LogP contribution in [0.4, 0.5) is 8.78 Å². The standard InChI is InChI=1S/C24H17F2N3O3S/c1-2-32-24(31)20-19(14-6-4-8-16(26)11-14)17(12-27)21(28)29-22(30)18(33-23(20)29)10-13-5-3-7-15(25)9-13/h3-11,19H,2,28H2,1H3/b18-10+/t19-/m1/s1. The number of fused-ring (bicyclic) bond motifs is 1. The van der Waals surface area contributed by atoms with Gasteiger partial charge in [0.05, 0.1) is 34.3 Å². The molecule has 0 unspecified atom stereocenters. The van der Waals surface area contributed by atoms with Crippen molar-refractivity contribution in [3.63, 3.8) is 0 Å². The van der Waals surface area contributed by atoms with E-state index in [1.165, 1.54) is 42.5 Å². The number of thiazole rings is 1. The van der Waals surface area contributed by atoms with E-state index in [9.17, 15) is 23.6 Å². The van der Waals surface area contributed by atoms with E-state index in [4.69, 9.17) is 10.5 Å². The Kier molecular flexibility index (Phi) is 5.94. The number of benzene rings is 2. The number of carbonyl (C=O) groups excluding carboxylic acids is 1. The second-order valence-electron chi connectivity index (χ2n) is 7.14. The zero-order chi connectivity index (χ0) is 23.7. The third-order valence-corrected chi connectivity index (χ3v) is 6.20. The lowest BCUT2D eigenvalue weighted by molar-refractivity contribution is -0.136. The van der Waals surface area contributed by atoms with Gasteiger partial charge in [-0.25, -0.2) is 13.6 Å². The Morgan fingerprint density at radius 2 is 1.94 bits per heavy atom. The third-order valence-electron chi connectivity index (χ3n) is 5.09. The lowest BCUT2D eigenvalue weighted by Gasteiger charge is -2.24. The molecule has 0 saturated heterocycles. The number of hydrogen-bond acceptors (Lipinski definition) is 6. The Balaban J connectivity index is 2.10. The maximum atomic E-state index is 14.0. The van der Waals surface area contributed by atoms with Crippen LogP contribution in [0, 0.1) is 23.0 Å². The maximum Gasteiger partial charge on any atom is 0.338 e. The molecule has 1 atom stereocenters. The van der Waals surface area contributed by atoms with Crippen LogP contribution in [0.3, 0.4) is 0 Å². The van der Waals surface area contributed by atoms with Gasteiger partial charge < -0.3 is 10.5 Å². The van der Waals surface area contributed by atoms with Crippen LogP contribution < -0.4 is 20.5 Å². The van der Waals surface area contributed by atoms with Gasteiger partial charge in [-0.15, -0.1) is 11.3 Å². The van der Waals surface area contributed by atoms with Crippen LogP contribution in [0.1, 0.15) is 24.0 Å². The van der Waals surface area contributed by atoms with E-state index in [1.54, 1.807) is 19.1 Å². The van der Waals surface area contributed by atoms with Crippen molar-refractivity contribution in [1.29, 1.82) is 5.26 Å². The van der Waals surface area contributed by atoms with Gasteiger partial charge in [-0.05, 0) is 48.4 Å². The number of aromatic nitrogens is 1. The molecule has 0 amide bonds. The van der Waals surface area contributed by atoms with Crippen LogP contribution in [0.15, 0.2) is 58.9 Å². The average molecular weight is 465 g/mol. The molecule has 33 heavy (non-hydrogen) atoms. The number of carbonyl (C=O) groups is 1. The first-order valence-corrected chi connectivity index (χ1v) is 10.7. The van der Waals surface area contributed by atoms with Crippen LogP contribution in [-0.4, -0.2) is 17.1 Å². The van der Waals surface area contributed by atoms with Gasteiger partial charge in [0.2, 0.25) is 0 Å². The molecule has 0 radical (unpaired) electrons. The number of ether oxygens (including phenoxy) is 1. The van der Waals surface area contributed by atoms with Crippen LogP contribution in [0.5, 0.6) is 0 Å². The average Bonchev–Trinajstić information content (AvgIpc) is 3.09. The third kappa shape index (κ3) is 3.97. The summed E-state index contributed by atoms with van der Waals surface area (Å²) in [6, 6.07) is 13.1. The van der Waals surface area contributed by atoms with Crippen molar-refractivity contribution in [2.24, 2.45) is 5.73 Å². The Bertz CT molecular complexity index is 1530. The highest BCUT2D eigenvalue weighted by Crippen LogP contribution is 2.36. The number of halogens is 2. The number of nitrogens with zero attached hydrogens (tertiary/aromatic N) is 2. The van der Waals surface area contributed by atoms with Crippen LogP contribution in [0.2, 0.25) is 0 Å². The molecule has 0 fully saturated rings. The topological polar surface area (TPSA) is 98.1 Å². The van der Waals surface area contributed by atoms with Crippen molar-refractivity contribution in [1.82, 2.24) is 4.57 Å². The molecule has 3 aromatic rings. The molecule has 1 aromatic heterocycles. The van der Waals surface area contributed by atoms with Crippen LogP contribution in [-0.2, 0) is 9.53 Å². The number of nitrogens with two attached hydrogens (primary N) is 1. The molecule has 0 bridgehead atoms. The Morgan fingerprint density at radius 3 is 2.58 bits per heavy atom. The fraction of sp³-hybridized carbons (Fsp3) is 0.125. The summed E-state index contributed by atoms with van der Waals surface area (Å²) in [6.45, 7) is 1.68. The molecule has 0 aliphatic carbocycles. The first-order valence-electron chi connectivity index (χ1n) is 9.91.